The first-order valence-corrected chi connectivity index (χ1v) is 5.74. The van der Waals surface area contributed by atoms with E-state index in [2.05, 4.69) is 25.7 Å². The summed E-state index contributed by atoms with van der Waals surface area (Å²) >= 11 is 0. The molecule has 2 N–H and O–H groups in total. The summed E-state index contributed by atoms with van der Waals surface area (Å²) in [5.74, 6) is 0.619. The molecule has 0 aliphatic heterocycles. The lowest BCUT2D eigenvalue weighted by Crippen LogP contribution is -2.23. The van der Waals surface area contributed by atoms with Crippen LogP contribution < -0.4 is 5.32 Å². The number of para-hydroxylation sites is 1. The van der Waals surface area contributed by atoms with E-state index in [1.807, 2.05) is 24.3 Å². The molecule has 7 heteroatoms. The molecule has 19 heavy (non-hydrogen) atoms. The number of aromatic amines is 1. The molecule has 0 saturated carbocycles. The molecule has 0 bridgehead atoms. The van der Waals surface area contributed by atoms with Crippen LogP contribution in [0.5, 0.6) is 0 Å². The van der Waals surface area contributed by atoms with Gasteiger partial charge in [-0.25, -0.2) is 0 Å². The number of nitrogens with one attached hydrogen (secondary N) is 2. The molecule has 0 radical (unpaired) electrons. The van der Waals surface area contributed by atoms with E-state index in [-0.39, 0.29) is 12.5 Å². The highest BCUT2D eigenvalue weighted by atomic mass is 16.5. The zero-order chi connectivity index (χ0) is 13.2. The molecular formula is C12H11N5O2. The SMILES string of the molecule is Cc1noc(CNC(=O)c2n[nH]c3ccccc23)n1. The molecule has 0 aliphatic carbocycles. The molecule has 0 saturated heterocycles. The van der Waals surface area contributed by atoms with Crippen molar-refractivity contribution in [3.63, 3.8) is 0 Å². The number of H-pyrrole nitrogens is 1. The smallest absolute Gasteiger partial charge is 0.272 e. The lowest BCUT2D eigenvalue weighted by Gasteiger charge is -1.99. The lowest BCUT2D eigenvalue weighted by molar-refractivity contribution is 0.0943. The fraction of sp³-hybridized carbons (Fsp3) is 0.167. The average Bonchev–Trinajstić information content (AvgIpc) is 3.02. The first-order valence-electron chi connectivity index (χ1n) is 5.74. The summed E-state index contributed by atoms with van der Waals surface area (Å²) in [6.07, 6.45) is 0. The van der Waals surface area contributed by atoms with Crippen LogP contribution in [0.4, 0.5) is 0 Å². The minimum absolute atomic E-state index is 0.181. The van der Waals surface area contributed by atoms with Crippen LogP contribution in [0.3, 0.4) is 0 Å². The maximum Gasteiger partial charge on any atom is 0.272 e. The highest BCUT2D eigenvalue weighted by molar-refractivity contribution is 6.04. The number of nitrogens with zero attached hydrogens (tertiary/aromatic N) is 3. The Kier molecular flexibility index (Phi) is 2.71. The van der Waals surface area contributed by atoms with Crippen LogP contribution >= 0.6 is 0 Å². The zero-order valence-corrected chi connectivity index (χ0v) is 10.2. The molecule has 1 aromatic carbocycles. The Hall–Kier alpha value is -2.70. The van der Waals surface area contributed by atoms with Gasteiger partial charge in [-0.2, -0.15) is 10.1 Å². The normalized spacial score (nSPS) is 10.8. The van der Waals surface area contributed by atoms with E-state index in [0.717, 1.165) is 10.9 Å². The van der Waals surface area contributed by atoms with Crippen LogP contribution in [0.2, 0.25) is 0 Å². The van der Waals surface area contributed by atoms with Crippen LogP contribution in [-0.4, -0.2) is 26.2 Å². The molecule has 7 nitrogen and oxygen atoms in total. The highest BCUT2D eigenvalue weighted by Gasteiger charge is 2.14. The first-order chi connectivity index (χ1) is 9.24. The fourth-order valence-electron chi connectivity index (χ4n) is 1.79. The molecule has 2 heterocycles. The Morgan fingerprint density at radius 1 is 1.42 bits per heavy atom. The monoisotopic (exact) mass is 257 g/mol. The van der Waals surface area contributed by atoms with E-state index >= 15 is 0 Å². The van der Waals surface area contributed by atoms with Gasteiger partial charge in [0.2, 0.25) is 5.89 Å². The molecule has 0 spiro atoms. The van der Waals surface area contributed by atoms with Gasteiger partial charge in [0.05, 0.1) is 12.1 Å². The van der Waals surface area contributed by atoms with Crippen molar-refractivity contribution in [1.82, 2.24) is 25.7 Å². The predicted molar refractivity (Wildman–Crippen MR) is 66.3 cm³/mol. The van der Waals surface area contributed by atoms with Crippen LogP contribution in [0.15, 0.2) is 28.8 Å². The zero-order valence-electron chi connectivity index (χ0n) is 10.2. The Morgan fingerprint density at radius 3 is 3.05 bits per heavy atom. The largest absolute Gasteiger partial charge is 0.342 e. The standard InChI is InChI=1S/C12H11N5O2/c1-7-14-10(19-17-7)6-13-12(18)11-8-4-2-3-5-9(8)15-16-11/h2-5H,6H2,1H3,(H,13,18)(H,15,16). The molecule has 1 amide bonds. The number of fused-ring (bicyclic) bond motifs is 1. The average molecular weight is 257 g/mol. The third kappa shape index (κ3) is 2.17. The second kappa shape index (κ2) is 4.52. The summed E-state index contributed by atoms with van der Waals surface area (Å²) in [6, 6.07) is 7.44. The Labute approximate surface area is 108 Å². The Bertz CT molecular complexity index is 730. The van der Waals surface area contributed by atoms with Crippen molar-refractivity contribution >= 4 is 16.8 Å². The van der Waals surface area contributed by atoms with Crippen molar-refractivity contribution in [3.05, 3.63) is 41.7 Å². The predicted octanol–water partition coefficient (Wildman–Crippen LogP) is 1.18. The van der Waals surface area contributed by atoms with E-state index in [1.165, 1.54) is 0 Å². The number of hydrogen-bond acceptors (Lipinski definition) is 5. The van der Waals surface area contributed by atoms with Crippen molar-refractivity contribution in [2.24, 2.45) is 0 Å². The Balaban J connectivity index is 1.77. The van der Waals surface area contributed by atoms with Gasteiger partial charge < -0.3 is 9.84 Å². The second-order valence-corrected chi connectivity index (χ2v) is 4.04. The molecule has 0 aliphatic rings. The molecule has 0 fully saturated rings. The molecule has 96 valence electrons. The molecule has 0 unspecified atom stereocenters. The number of aryl methyl sites for hydroxylation is 1. The van der Waals surface area contributed by atoms with Crippen LogP contribution in [-0.2, 0) is 6.54 Å². The van der Waals surface area contributed by atoms with Crippen molar-refractivity contribution in [2.75, 3.05) is 0 Å². The number of benzene rings is 1. The van der Waals surface area contributed by atoms with Crippen LogP contribution in [0.1, 0.15) is 22.2 Å². The van der Waals surface area contributed by atoms with Gasteiger partial charge in [-0.05, 0) is 13.0 Å². The quantitative estimate of drug-likeness (QED) is 0.734. The van der Waals surface area contributed by atoms with E-state index < -0.39 is 0 Å². The maximum atomic E-state index is 12.0. The summed E-state index contributed by atoms with van der Waals surface area (Å²) in [7, 11) is 0. The van der Waals surface area contributed by atoms with Gasteiger partial charge in [-0.1, -0.05) is 23.4 Å². The van der Waals surface area contributed by atoms with Crippen molar-refractivity contribution in [2.45, 2.75) is 13.5 Å². The van der Waals surface area contributed by atoms with Gasteiger partial charge in [0.1, 0.15) is 0 Å². The van der Waals surface area contributed by atoms with E-state index in [9.17, 15) is 4.79 Å². The van der Waals surface area contributed by atoms with E-state index in [4.69, 9.17) is 4.52 Å². The summed E-state index contributed by atoms with van der Waals surface area (Å²) < 4.78 is 4.92. The molecule has 2 aromatic heterocycles. The number of carbonyl (C=O) groups is 1. The molecule has 0 atom stereocenters. The maximum absolute atomic E-state index is 12.0. The minimum atomic E-state index is -0.284. The number of hydrogen-bond donors (Lipinski definition) is 2. The number of amides is 1. The van der Waals surface area contributed by atoms with Crippen LogP contribution in [0, 0.1) is 6.92 Å². The van der Waals surface area contributed by atoms with Crippen LogP contribution in [0.25, 0.3) is 10.9 Å². The van der Waals surface area contributed by atoms with E-state index in [1.54, 1.807) is 6.92 Å². The van der Waals surface area contributed by atoms with Gasteiger partial charge in [-0.3, -0.25) is 9.89 Å². The van der Waals surface area contributed by atoms with Crippen molar-refractivity contribution < 1.29 is 9.32 Å². The lowest BCUT2D eigenvalue weighted by atomic mass is 10.2. The van der Waals surface area contributed by atoms with Gasteiger partial charge in [0, 0.05) is 5.39 Å². The third-order valence-electron chi connectivity index (χ3n) is 2.66. The Morgan fingerprint density at radius 2 is 2.26 bits per heavy atom. The molecular weight excluding hydrogens is 246 g/mol. The van der Waals surface area contributed by atoms with E-state index in [0.29, 0.717) is 17.4 Å². The van der Waals surface area contributed by atoms with Gasteiger partial charge in [-0.15, -0.1) is 0 Å². The highest BCUT2D eigenvalue weighted by Crippen LogP contribution is 2.14. The summed E-state index contributed by atoms with van der Waals surface area (Å²) in [5, 5.41) is 13.9. The number of carbonyl (C=O) groups excluding carboxylic acids is 1. The minimum Gasteiger partial charge on any atom is -0.342 e. The second-order valence-electron chi connectivity index (χ2n) is 4.04. The topological polar surface area (TPSA) is 96.7 Å². The van der Waals surface area contributed by atoms with Crippen molar-refractivity contribution in [1.29, 1.82) is 0 Å². The fourth-order valence-corrected chi connectivity index (χ4v) is 1.79. The van der Waals surface area contributed by atoms with Crippen molar-refractivity contribution in [3.8, 4) is 0 Å². The summed E-state index contributed by atoms with van der Waals surface area (Å²) in [5.41, 5.74) is 1.17. The molecule has 3 aromatic rings. The summed E-state index contributed by atoms with van der Waals surface area (Å²) in [6.45, 7) is 1.90. The number of aromatic nitrogens is 4. The summed E-state index contributed by atoms with van der Waals surface area (Å²) in [4.78, 5) is 16.0. The molecule has 3 rings (SSSR count). The van der Waals surface area contributed by atoms with Gasteiger partial charge in [0.15, 0.2) is 11.5 Å². The third-order valence-corrected chi connectivity index (χ3v) is 2.66. The number of rotatable bonds is 3. The van der Waals surface area contributed by atoms with Gasteiger partial charge in [0.25, 0.3) is 5.91 Å². The van der Waals surface area contributed by atoms with Gasteiger partial charge >= 0.3 is 0 Å². The first kappa shape index (κ1) is 11.4.